The minimum atomic E-state index is -1.23. The minimum Gasteiger partial charge on any atom is -0.548 e. The van der Waals surface area contributed by atoms with Crippen molar-refractivity contribution in [3.63, 3.8) is 0 Å². The van der Waals surface area contributed by atoms with E-state index in [9.17, 15) is 9.90 Å². The van der Waals surface area contributed by atoms with Gasteiger partial charge in [0.1, 0.15) is 0 Å². The molecule has 0 aliphatic carbocycles. The first-order valence-corrected chi connectivity index (χ1v) is 8.23. The third-order valence-corrected chi connectivity index (χ3v) is 4.28. The predicted molar refractivity (Wildman–Crippen MR) is 89.5 cm³/mol. The Morgan fingerprint density at radius 1 is 1.22 bits per heavy atom. The van der Waals surface area contributed by atoms with Crippen molar-refractivity contribution in [3.8, 4) is 0 Å². The molecule has 0 aliphatic heterocycles. The van der Waals surface area contributed by atoms with E-state index < -0.39 is 12.0 Å². The maximum atomic E-state index is 10.8. The van der Waals surface area contributed by atoms with Crippen molar-refractivity contribution in [2.45, 2.75) is 32.2 Å². The molecule has 23 heavy (non-hydrogen) atoms. The van der Waals surface area contributed by atoms with Crippen LogP contribution in [0.4, 0.5) is 0 Å². The van der Waals surface area contributed by atoms with Crippen LogP contribution in [-0.4, -0.2) is 12.0 Å². The van der Waals surface area contributed by atoms with Gasteiger partial charge in [-0.25, -0.2) is 0 Å². The van der Waals surface area contributed by atoms with Gasteiger partial charge in [-0.1, -0.05) is 44.2 Å². The zero-order valence-corrected chi connectivity index (χ0v) is 16.6. The average Bonchev–Trinajstić information content (AvgIpc) is 3.01. The van der Waals surface area contributed by atoms with Crippen LogP contribution < -0.4 is 40.4 Å². The Hall–Kier alpha value is -0.910. The van der Waals surface area contributed by atoms with Crippen LogP contribution in [0.2, 0.25) is 0 Å². The molecule has 3 nitrogen and oxygen atoms in total. The number of rotatable bonds is 6. The second-order valence-electron chi connectivity index (χ2n) is 5.57. The Kier molecular flexibility index (Phi) is 8.23. The quantitative estimate of drug-likeness (QED) is 0.741. The summed E-state index contributed by atoms with van der Waals surface area (Å²) in [7, 11) is 0. The van der Waals surface area contributed by atoms with E-state index in [0.29, 0.717) is 5.92 Å². The van der Waals surface area contributed by atoms with Crippen LogP contribution >= 0.6 is 11.3 Å². The SMILES string of the molecule is CC(C)c1ccc(/C(=C\CC(N)C(=O)[O-])c2ccsc2)cc1.[Na+]. The molecule has 0 saturated heterocycles. The van der Waals surface area contributed by atoms with Gasteiger partial charge >= 0.3 is 29.6 Å². The molecule has 0 aliphatic rings. The number of nitrogens with two attached hydrogens (primary N) is 1. The van der Waals surface area contributed by atoms with Crippen LogP contribution in [0.3, 0.4) is 0 Å². The number of hydrogen-bond donors (Lipinski definition) is 1. The molecule has 2 aromatic rings. The molecule has 116 valence electrons. The average molecular weight is 337 g/mol. The normalized spacial score (nSPS) is 12.8. The number of carbonyl (C=O) groups excluding carboxylic acids is 1. The third-order valence-electron chi connectivity index (χ3n) is 3.60. The van der Waals surface area contributed by atoms with E-state index in [4.69, 9.17) is 5.73 Å². The van der Waals surface area contributed by atoms with Gasteiger partial charge in [0, 0.05) is 6.04 Å². The summed E-state index contributed by atoms with van der Waals surface area (Å²) in [4.78, 5) is 10.8. The van der Waals surface area contributed by atoms with Gasteiger partial charge in [0.05, 0.1) is 5.97 Å². The maximum Gasteiger partial charge on any atom is 1.00 e. The predicted octanol–water partition coefficient (Wildman–Crippen LogP) is -0.225. The molecule has 2 N–H and O–H groups in total. The molecule has 0 radical (unpaired) electrons. The molecule has 0 saturated carbocycles. The van der Waals surface area contributed by atoms with E-state index in [1.807, 2.05) is 22.9 Å². The summed E-state index contributed by atoms with van der Waals surface area (Å²) in [6.07, 6.45) is 2.13. The Labute approximate surface area is 163 Å². The van der Waals surface area contributed by atoms with Crippen molar-refractivity contribution in [2.75, 3.05) is 0 Å². The molecule has 0 bridgehead atoms. The fourth-order valence-electron chi connectivity index (χ4n) is 2.21. The molecule has 1 heterocycles. The monoisotopic (exact) mass is 337 g/mol. The third kappa shape index (κ3) is 5.59. The van der Waals surface area contributed by atoms with Crippen molar-refractivity contribution in [1.82, 2.24) is 0 Å². The summed E-state index contributed by atoms with van der Waals surface area (Å²) in [5.41, 5.74) is 9.98. The van der Waals surface area contributed by atoms with Crippen molar-refractivity contribution in [3.05, 3.63) is 63.9 Å². The Morgan fingerprint density at radius 2 is 1.87 bits per heavy atom. The van der Waals surface area contributed by atoms with E-state index in [1.165, 1.54) is 5.56 Å². The van der Waals surface area contributed by atoms with Gasteiger partial charge in [0.2, 0.25) is 0 Å². The molecule has 2 rings (SSSR count). The van der Waals surface area contributed by atoms with E-state index >= 15 is 0 Å². The maximum absolute atomic E-state index is 10.8. The molecule has 1 aromatic carbocycles. The second kappa shape index (κ2) is 9.40. The smallest absolute Gasteiger partial charge is 0.548 e. The van der Waals surface area contributed by atoms with E-state index in [2.05, 4.69) is 38.1 Å². The van der Waals surface area contributed by atoms with Crippen molar-refractivity contribution >= 4 is 22.9 Å². The first kappa shape index (κ1) is 20.1. The van der Waals surface area contributed by atoms with Crippen LogP contribution in [0.25, 0.3) is 5.57 Å². The summed E-state index contributed by atoms with van der Waals surface area (Å²) in [6.45, 7) is 4.31. The number of carboxylic acids is 1. The van der Waals surface area contributed by atoms with Crippen LogP contribution in [0.5, 0.6) is 0 Å². The van der Waals surface area contributed by atoms with Gasteiger partial charge in [-0.05, 0) is 51.4 Å². The van der Waals surface area contributed by atoms with Crippen LogP contribution in [0, 0.1) is 0 Å². The van der Waals surface area contributed by atoms with Crippen molar-refractivity contribution in [1.29, 1.82) is 0 Å². The molecular weight excluding hydrogens is 317 g/mol. The molecule has 1 unspecified atom stereocenters. The second-order valence-corrected chi connectivity index (χ2v) is 6.35. The Bertz CT molecular complexity index is 648. The van der Waals surface area contributed by atoms with Gasteiger partial charge in [0.25, 0.3) is 0 Å². The zero-order chi connectivity index (χ0) is 16.1. The minimum absolute atomic E-state index is 0. The first-order chi connectivity index (χ1) is 10.5. The fourth-order valence-corrected chi connectivity index (χ4v) is 2.86. The van der Waals surface area contributed by atoms with Crippen LogP contribution in [0.1, 0.15) is 42.9 Å². The Balaban J connectivity index is 0.00000264. The molecule has 0 spiro atoms. The number of hydrogen-bond acceptors (Lipinski definition) is 4. The molecule has 0 amide bonds. The number of carbonyl (C=O) groups is 1. The van der Waals surface area contributed by atoms with Gasteiger partial charge < -0.3 is 15.6 Å². The molecule has 0 fully saturated rings. The summed E-state index contributed by atoms with van der Waals surface area (Å²) in [6, 6.07) is 9.41. The standard InChI is InChI=1S/C18H21NO2S.Na/c1-12(2)13-3-5-14(6-4-13)16(15-9-10-22-11-15)7-8-17(19)18(20)21;/h3-7,9-12,17H,8,19H2,1-2H3,(H,20,21);/q;+1/p-1/b16-7+;. The van der Waals surface area contributed by atoms with Crippen molar-refractivity contribution in [2.24, 2.45) is 5.73 Å². The molecule has 1 atom stereocenters. The Morgan fingerprint density at radius 3 is 2.35 bits per heavy atom. The van der Waals surface area contributed by atoms with Gasteiger partial charge in [-0.2, -0.15) is 11.3 Å². The van der Waals surface area contributed by atoms with Gasteiger partial charge in [0.15, 0.2) is 0 Å². The summed E-state index contributed by atoms with van der Waals surface area (Å²) in [5.74, 6) is -0.745. The van der Waals surface area contributed by atoms with E-state index in [-0.39, 0.29) is 36.0 Å². The number of benzene rings is 1. The first-order valence-electron chi connectivity index (χ1n) is 7.28. The van der Waals surface area contributed by atoms with E-state index in [0.717, 1.165) is 16.7 Å². The van der Waals surface area contributed by atoms with Gasteiger partial charge in [-0.3, -0.25) is 0 Å². The summed E-state index contributed by atoms with van der Waals surface area (Å²) < 4.78 is 0. The molecule has 1 aromatic heterocycles. The zero-order valence-electron chi connectivity index (χ0n) is 13.8. The van der Waals surface area contributed by atoms with Crippen LogP contribution in [-0.2, 0) is 4.79 Å². The van der Waals surface area contributed by atoms with Gasteiger partial charge in [-0.15, -0.1) is 0 Å². The van der Waals surface area contributed by atoms with Crippen LogP contribution in [0.15, 0.2) is 47.2 Å². The van der Waals surface area contributed by atoms with Crippen molar-refractivity contribution < 1.29 is 39.5 Å². The summed E-state index contributed by atoms with van der Waals surface area (Å²) in [5, 5.41) is 14.8. The number of thiophene rings is 1. The molecule has 5 heteroatoms. The molecular formula is C18H20NNaO2S. The largest absolute Gasteiger partial charge is 1.00 e. The summed E-state index contributed by atoms with van der Waals surface area (Å²) >= 11 is 1.61. The number of aliphatic carboxylic acids is 1. The topological polar surface area (TPSA) is 66.2 Å². The number of carboxylic acid groups (broad SMARTS) is 1. The fraction of sp³-hybridized carbons (Fsp3) is 0.278. The van der Waals surface area contributed by atoms with E-state index in [1.54, 1.807) is 11.3 Å².